The van der Waals surface area contributed by atoms with Gasteiger partial charge in [0.25, 0.3) is 0 Å². The third-order valence-electron chi connectivity index (χ3n) is 3.92. The molecular weight excluding hydrogens is 198 g/mol. The summed E-state index contributed by atoms with van der Waals surface area (Å²) >= 11 is 0. The van der Waals surface area contributed by atoms with Gasteiger partial charge in [-0.15, -0.1) is 0 Å². The van der Waals surface area contributed by atoms with Crippen molar-refractivity contribution in [3.05, 3.63) is 34.4 Å². The Morgan fingerprint density at radius 3 is 2.56 bits per heavy atom. The molecule has 1 aliphatic heterocycles. The van der Waals surface area contributed by atoms with Gasteiger partial charge in [0.15, 0.2) is 0 Å². The quantitative estimate of drug-likeness (QED) is 0.759. The number of nitrogens with one attached hydrogen (secondary N) is 1. The molecule has 1 atom stereocenters. The van der Waals surface area contributed by atoms with Crippen molar-refractivity contribution in [2.75, 3.05) is 13.1 Å². The molecular formula is C14H21NO. The Hall–Kier alpha value is -0.860. The fraction of sp³-hybridized carbons (Fsp3) is 0.571. The van der Waals surface area contributed by atoms with Crippen LogP contribution >= 0.6 is 0 Å². The molecule has 0 spiro atoms. The molecule has 0 bridgehead atoms. The Morgan fingerprint density at radius 2 is 1.94 bits per heavy atom. The minimum Gasteiger partial charge on any atom is -0.384 e. The standard InChI is InChI=1S/C14H21NO/c1-10-5-6-13(12(3)11(10)2)14(16)7-4-8-15-9-14/h5-6,15-16H,4,7-9H2,1-3H3. The molecule has 1 heterocycles. The van der Waals surface area contributed by atoms with Gasteiger partial charge < -0.3 is 10.4 Å². The number of β-amino-alcohol motifs (C(OH)–C–C–N with tert-alkyl or cyclic N) is 1. The number of aryl methyl sites for hydroxylation is 1. The Labute approximate surface area is 97.7 Å². The van der Waals surface area contributed by atoms with Crippen molar-refractivity contribution in [2.24, 2.45) is 0 Å². The van der Waals surface area contributed by atoms with Gasteiger partial charge in [-0.2, -0.15) is 0 Å². The zero-order valence-corrected chi connectivity index (χ0v) is 10.4. The highest BCUT2D eigenvalue weighted by atomic mass is 16.3. The van der Waals surface area contributed by atoms with Gasteiger partial charge in [-0.1, -0.05) is 12.1 Å². The van der Waals surface area contributed by atoms with Gasteiger partial charge in [0.2, 0.25) is 0 Å². The second-order valence-corrected chi connectivity index (χ2v) is 4.99. The number of benzene rings is 1. The van der Waals surface area contributed by atoms with Crippen molar-refractivity contribution < 1.29 is 5.11 Å². The molecule has 88 valence electrons. The first-order valence-electron chi connectivity index (χ1n) is 6.05. The summed E-state index contributed by atoms with van der Waals surface area (Å²) in [6.07, 6.45) is 1.91. The van der Waals surface area contributed by atoms with Gasteiger partial charge in [0, 0.05) is 6.54 Å². The van der Waals surface area contributed by atoms with Crippen molar-refractivity contribution >= 4 is 0 Å². The molecule has 0 amide bonds. The second-order valence-electron chi connectivity index (χ2n) is 4.99. The number of rotatable bonds is 1. The first-order chi connectivity index (χ1) is 7.54. The molecule has 1 saturated heterocycles. The summed E-state index contributed by atoms with van der Waals surface area (Å²) in [5, 5.41) is 14.0. The lowest BCUT2D eigenvalue weighted by molar-refractivity contribution is 0.0117. The van der Waals surface area contributed by atoms with Gasteiger partial charge in [-0.25, -0.2) is 0 Å². The molecule has 2 rings (SSSR count). The topological polar surface area (TPSA) is 32.3 Å². The average Bonchev–Trinajstić information content (AvgIpc) is 2.27. The predicted molar refractivity (Wildman–Crippen MR) is 66.7 cm³/mol. The molecule has 2 heteroatoms. The van der Waals surface area contributed by atoms with Gasteiger partial charge in [0.1, 0.15) is 5.60 Å². The molecule has 1 unspecified atom stereocenters. The van der Waals surface area contributed by atoms with Crippen LogP contribution in [0.5, 0.6) is 0 Å². The third kappa shape index (κ3) is 1.87. The molecule has 1 aliphatic rings. The molecule has 0 saturated carbocycles. The minimum atomic E-state index is -0.666. The van der Waals surface area contributed by atoms with Crippen LogP contribution in [0.15, 0.2) is 12.1 Å². The molecule has 0 radical (unpaired) electrons. The number of hydrogen-bond donors (Lipinski definition) is 2. The molecule has 1 aromatic rings. The molecule has 16 heavy (non-hydrogen) atoms. The van der Waals surface area contributed by atoms with Crippen molar-refractivity contribution in [3.63, 3.8) is 0 Å². The number of hydrogen-bond acceptors (Lipinski definition) is 2. The smallest absolute Gasteiger partial charge is 0.102 e. The molecule has 2 nitrogen and oxygen atoms in total. The van der Waals surface area contributed by atoms with E-state index in [-0.39, 0.29) is 0 Å². The summed E-state index contributed by atoms with van der Waals surface area (Å²) in [6.45, 7) is 8.07. The van der Waals surface area contributed by atoms with E-state index in [9.17, 15) is 5.11 Å². The van der Waals surface area contributed by atoms with Crippen molar-refractivity contribution in [1.29, 1.82) is 0 Å². The normalized spacial score (nSPS) is 25.8. The predicted octanol–water partition coefficient (Wildman–Crippen LogP) is 2.18. The molecule has 1 fully saturated rings. The highest BCUT2D eigenvalue weighted by Gasteiger charge is 2.32. The van der Waals surface area contributed by atoms with Crippen LogP contribution in [0.2, 0.25) is 0 Å². The van der Waals surface area contributed by atoms with E-state index >= 15 is 0 Å². The highest BCUT2D eigenvalue weighted by molar-refractivity contribution is 5.42. The maximum absolute atomic E-state index is 10.7. The minimum absolute atomic E-state index is 0.666. The second kappa shape index (κ2) is 4.19. The van der Waals surface area contributed by atoms with E-state index in [2.05, 4.69) is 38.2 Å². The summed E-state index contributed by atoms with van der Waals surface area (Å²) in [7, 11) is 0. The SMILES string of the molecule is Cc1ccc(C2(O)CCCNC2)c(C)c1C. The fourth-order valence-electron chi connectivity index (χ4n) is 2.58. The van der Waals surface area contributed by atoms with Crippen LogP contribution in [0.1, 0.15) is 35.1 Å². The van der Waals surface area contributed by atoms with E-state index in [0.717, 1.165) is 24.9 Å². The summed E-state index contributed by atoms with van der Waals surface area (Å²) < 4.78 is 0. The fourth-order valence-corrected chi connectivity index (χ4v) is 2.58. The maximum Gasteiger partial charge on any atom is 0.102 e. The highest BCUT2D eigenvalue weighted by Crippen LogP contribution is 2.32. The molecule has 2 N–H and O–H groups in total. The Balaban J connectivity index is 2.43. The third-order valence-corrected chi connectivity index (χ3v) is 3.92. The van der Waals surface area contributed by atoms with Gasteiger partial charge >= 0.3 is 0 Å². The van der Waals surface area contributed by atoms with Gasteiger partial charge in [0.05, 0.1) is 0 Å². The number of piperidine rings is 1. The van der Waals surface area contributed by atoms with Crippen LogP contribution in [-0.4, -0.2) is 18.2 Å². The zero-order valence-electron chi connectivity index (χ0n) is 10.4. The first kappa shape index (κ1) is 11.6. The van der Waals surface area contributed by atoms with E-state index in [4.69, 9.17) is 0 Å². The molecule has 1 aromatic carbocycles. The van der Waals surface area contributed by atoms with Crippen molar-refractivity contribution in [1.82, 2.24) is 5.32 Å². The van der Waals surface area contributed by atoms with Gasteiger partial charge in [-0.05, 0) is 62.4 Å². The van der Waals surface area contributed by atoms with Crippen LogP contribution < -0.4 is 5.32 Å². The molecule has 0 aliphatic carbocycles. The van der Waals surface area contributed by atoms with Crippen LogP contribution in [0, 0.1) is 20.8 Å². The Morgan fingerprint density at radius 1 is 1.19 bits per heavy atom. The first-order valence-corrected chi connectivity index (χ1v) is 6.05. The van der Waals surface area contributed by atoms with E-state index < -0.39 is 5.60 Å². The Kier molecular flexibility index (Phi) is 3.04. The lowest BCUT2D eigenvalue weighted by Crippen LogP contribution is -2.43. The van der Waals surface area contributed by atoms with Crippen LogP contribution in [0.3, 0.4) is 0 Å². The largest absolute Gasteiger partial charge is 0.384 e. The van der Waals surface area contributed by atoms with Gasteiger partial charge in [-0.3, -0.25) is 0 Å². The average molecular weight is 219 g/mol. The zero-order chi connectivity index (χ0) is 11.8. The molecule has 0 aromatic heterocycles. The Bertz CT molecular complexity index is 392. The van der Waals surface area contributed by atoms with Crippen LogP contribution in [0.25, 0.3) is 0 Å². The monoisotopic (exact) mass is 219 g/mol. The summed E-state index contributed by atoms with van der Waals surface area (Å²) in [4.78, 5) is 0. The van der Waals surface area contributed by atoms with Crippen LogP contribution in [-0.2, 0) is 5.60 Å². The lowest BCUT2D eigenvalue weighted by atomic mass is 9.82. The lowest BCUT2D eigenvalue weighted by Gasteiger charge is -2.35. The summed E-state index contributed by atoms with van der Waals surface area (Å²) in [5.41, 5.74) is 4.28. The van der Waals surface area contributed by atoms with E-state index in [1.165, 1.54) is 16.7 Å². The van der Waals surface area contributed by atoms with E-state index in [0.29, 0.717) is 6.54 Å². The van der Waals surface area contributed by atoms with E-state index in [1.54, 1.807) is 0 Å². The summed E-state index contributed by atoms with van der Waals surface area (Å²) in [5.74, 6) is 0. The van der Waals surface area contributed by atoms with E-state index in [1.807, 2.05) is 0 Å². The number of aliphatic hydroxyl groups is 1. The van der Waals surface area contributed by atoms with Crippen LogP contribution in [0.4, 0.5) is 0 Å². The maximum atomic E-state index is 10.7. The summed E-state index contributed by atoms with van der Waals surface area (Å²) in [6, 6.07) is 4.20. The van der Waals surface area contributed by atoms with Crippen molar-refractivity contribution in [3.8, 4) is 0 Å². The van der Waals surface area contributed by atoms with Crippen molar-refractivity contribution in [2.45, 2.75) is 39.2 Å².